The molecule has 0 bridgehead atoms. The summed E-state index contributed by atoms with van der Waals surface area (Å²) in [5.41, 5.74) is 3.13. The number of thiophene rings is 1. The number of aryl methyl sites for hydroxylation is 1. The van der Waals surface area contributed by atoms with Crippen LogP contribution in [-0.2, 0) is 11.3 Å². The molecule has 0 saturated carbocycles. The fraction of sp³-hybridized carbons (Fsp3) is 0.278. The topological polar surface area (TPSA) is 32.3 Å². The monoisotopic (exact) mass is 348 g/mol. The normalized spacial score (nSPS) is 10.8. The highest BCUT2D eigenvalue weighted by atomic mass is 35.5. The molecule has 0 aliphatic heterocycles. The van der Waals surface area contributed by atoms with Crippen LogP contribution in [0.5, 0.6) is 0 Å². The molecule has 23 heavy (non-hydrogen) atoms. The van der Waals surface area contributed by atoms with Crippen molar-refractivity contribution < 1.29 is 4.79 Å². The number of nitrogens with one attached hydrogen (secondary N) is 1. The third-order valence-corrected chi connectivity index (χ3v) is 4.86. The Morgan fingerprint density at radius 3 is 2.78 bits per heavy atom. The molecule has 0 fully saturated rings. The van der Waals surface area contributed by atoms with E-state index in [0.29, 0.717) is 19.6 Å². The van der Waals surface area contributed by atoms with Crippen molar-refractivity contribution in [2.45, 2.75) is 20.4 Å². The zero-order chi connectivity index (χ0) is 16.8. The Kier molecular flexibility index (Phi) is 6.39. The quantitative estimate of drug-likeness (QED) is 0.739. The number of hydrogen-bond donors (Lipinski definition) is 1. The van der Waals surface area contributed by atoms with E-state index in [9.17, 15) is 4.79 Å². The van der Waals surface area contributed by atoms with E-state index in [1.165, 1.54) is 16.9 Å². The molecule has 2 rings (SSSR count). The molecule has 0 aliphatic rings. The fourth-order valence-electron chi connectivity index (χ4n) is 2.30. The maximum Gasteiger partial charge on any atom is 0.238 e. The van der Waals surface area contributed by atoms with Gasteiger partial charge in [0.05, 0.1) is 10.9 Å². The zero-order valence-electron chi connectivity index (χ0n) is 13.4. The van der Waals surface area contributed by atoms with Gasteiger partial charge in [0.15, 0.2) is 0 Å². The van der Waals surface area contributed by atoms with Crippen molar-refractivity contribution in [2.75, 3.05) is 18.4 Å². The zero-order valence-corrected chi connectivity index (χ0v) is 15.0. The van der Waals surface area contributed by atoms with Gasteiger partial charge in [-0.25, -0.2) is 0 Å². The summed E-state index contributed by atoms with van der Waals surface area (Å²) in [4.78, 5) is 15.5. The number of benzene rings is 1. The average Bonchev–Trinajstić information content (AvgIpc) is 2.89. The van der Waals surface area contributed by atoms with Gasteiger partial charge >= 0.3 is 0 Å². The summed E-state index contributed by atoms with van der Waals surface area (Å²) in [6.45, 7) is 9.47. The molecule has 122 valence electrons. The van der Waals surface area contributed by atoms with Crippen molar-refractivity contribution >= 4 is 34.5 Å². The summed E-state index contributed by atoms with van der Waals surface area (Å²) >= 11 is 7.50. The second kappa shape index (κ2) is 8.29. The lowest BCUT2D eigenvalue weighted by Gasteiger charge is -2.20. The van der Waals surface area contributed by atoms with Crippen molar-refractivity contribution in [1.82, 2.24) is 4.90 Å². The maximum absolute atomic E-state index is 12.3. The SMILES string of the molecule is C=CCN(CC(=O)Nc1cccc(C)c1C)Cc1ccc(Cl)s1. The Hall–Kier alpha value is -1.62. The number of halogens is 1. The van der Waals surface area contributed by atoms with Crippen LogP contribution in [0.15, 0.2) is 43.0 Å². The molecule has 1 aromatic carbocycles. The van der Waals surface area contributed by atoms with Gasteiger partial charge in [-0.3, -0.25) is 9.69 Å². The Morgan fingerprint density at radius 1 is 1.35 bits per heavy atom. The lowest BCUT2D eigenvalue weighted by atomic mass is 10.1. The Balaban J connectivity index is 2.00. The molecule has 0 aliphatic carbocycles. The number of carbonyl (C=O) groups excluding carboxylic acids is 1. The fourth-order valence-corrected chi connectivity index (χ4v) is 3.43. The van der Waals surface area contributed by atoms with Crippen LogP contribution >= 0.6 is 22.9 Å². The minimum absolute atomic E-state index is 0.0248. The Morgan fingerprint density at radius 2 is 2.13 bits per heavy atom. The molecule has 5 heteroatoms. The number of amides is 1. The molecular weight excluding hydrogens is 328 g/mol. The lowest BCUT2D eigenvalue weighted by Crippen LogP contribution is -2.33. The van der Waals surface area contributed by atoms with E-state index in [1.54, 1.807) is 6.08 Å². The Bertz CT molecular complexity index is 696. The van der Waals surface area contributed by atoms with E-state index in [-0.39, 0.29) is 5.91 Å². The highest BCUT2D eigenvalue weighted by Gasteiger charge is 2.12. The van der Waals surface area contributed by atoms with Crippen molar-refractivity contribution in [3.05, 3.63) is 63.3 Å². The summed E-state index contributed by atoms with van der Waals surface area (Å²) in [6.07, 6.45) is 1.81. The van der Waals surface area contributed by atoms with Crippen LogP contribution in [-0.4, -0.2) is 23.9 Å². The van der Waals surface area contributed by atoms with Crippen LogP contribution in [0.3, 0.4) is 0 Å². The molecule has 0 atom stereocenters. The van der Waals surface area contributed by atoms with Gasteiger partial charge in [0.2, 0.25) is 5.91 Å². The van der Waals surface area contributed by atoms with Gasteiger partial charge in [-0.05, 0) is 43.2 Å². The maximum atomic E-state index is 12.3. The van der Waals surface area contributed by atoms with E-state index < -0.39 is 0 Å². The Labute approximate surface area is 146 Å². The van der Waals surface area contributed by atoms with Gasteiger partial charge in [0, 0.05) is 23.7 Å². The molecule has 0 unspecified atom stereocenters. The van der Waals surface area contributed by atoms with E-state index >= 15 is 0 Å². The molecule has 1 heterocycles. The standard InChI is InChI=1S/C18H21ClN2OS/c1-4-10-21(11-15-8-9-17(19)23-15)12-18(22)20-16-7-5-6-13(2)14(16)3/h4-9H,1,10-12H2,2-3H3,(H,20,22). The van der Waals surface area contributed by atoms with E-state index in [4.69, 9.17) is 11.6 Å². The molecule has 3 nitrogen and oxygen atoms in total. The number of rotatable bonds is 7. The predicted molar refractivity (Wildman–Crippen MR) is 99.3 cm³/mol. The van der Waals surface area contributed by atoms with Crippen molar-refractivity contribution in [3.63, 3.8) is 0 Å². The third-order valence-electron chi connectivity index (χ3n) is 3.64. The molecule has 1 N–H and O–H groups in total. The minimum atomic E-state index is -0.0248. The summed E-state index contributed by atoms with van der Waals surface area (Å²) in [5.74, 6) is -0.0248. The second-order valence-corrected chi connectivity index (χ2v) is 7.26. The van der Waals surface area contributed by atoms with Crippen LogP contribution in [0.1, 0.15) is 16.0 Å². The molecule has 0 saturated heterocycles. The van der Waals surface area contributed by atoms with Crippen LogP contribution in [0, 0.1) is 13.8 Å². The van der Waals surface area contributed by atoms with Crippen LogP contribution in [0.4, 0.5) is 5.69 Å². The van der Waals surface area contributed by atoms with Crippen molar-refractivity contribution in [3.8, 4) is 0 Å². The van der Waals surface area contributed by atoms with Gasteiger partial charge in [0.1, 0.15) is 0 Å². The van der Waals surface area contributed by atoms with Gasteiger partial charge < -0.3 is 5.32 Å². The molecule has 1 amide bonds. The highest BCUT2D eigenvalue weighted by molar-refractivity contribution is 7.16. The minimum Gasteiger partial charge on any atom is -0.325 e. The number of nitrogens with zero attached hydrogens (tertiary/aromatic N) is 1. The first-order valence-corrected chi connectivity index (χ1v) is 8.62. The molecular formula is C18H21ClN2OS. The van der Waals surface area contributed by atoms with E-state index in [1.807, 2.05) is 49.1 Å². The first-order chi connectivity index (χ1) is 11.0. The number of carbonyl (C=O) groups is 1. The van der Waals surface area contributed by atoms with Crippen LogP contribution < -0.4 is 5.32 Å². The van der Waals surface area contributed by atoms with E-state index in [2.05, 4.69) is 11.9 Å². The largest absolute Gasteiger partial charge is 0.325 e. The van der Waals surface area contributed by atoms with Crippen molar-refractivity contribution in [1.29, 1.82) is 0 Å². The van der Waals surface area contributed by atoms with Gasteiger partial charge in [-0.15, -0.1) is 17.9 Å². The lowest BCUT2D eigenvalue weighted by molar-refractivity contribution is -0.117. The third kappa shape index (κ3) is 5.20. The highest BCUT2D eigenvalue weighted by Crippen LogP contribution is 2.23. The first-order valence-electron chi connectivity index (χ1n) is 7.43. The molecule has 0 spiro atoms. The first kappa shape index (κ1) is 17.7. The smallest absolute Gasteiger partial charge is 0.238 e. The van der Waals surface area contributed by atoms with E-state index in [0.717, 1.165) is 20.5 Å². The van der Waals surface area contributed by atoms with Gasteiger partial charge in [-0.2, -0.15) is 0 Å². The predicted octanol–water partition coefficient (Wildman–Crippen LogP) is 4.65. The second-order valence-electron chi connectivity index (χ2n) is 5.46. The molecule has 2 aromatic rings. The average molecular weight is 349 g/mol. The number of anilines is 1. The van der Waals surface area contributed by atoms with Gasteiger partial charge in [-0.1, -0.05) is 29.8 Å². The van der Waals surface area contributed by atoms with Crippen LogP contribution in [0.2, 0.25) is 4.34 Å². The summed E-state index contributed by atoms with van der Waals surface area (Å²) in [7, 11) is 0. The molecule has 0 radical (unpaired) electrons. The summed E-state index contributed by atoms with van der Waals surface area (Å²) in [6, 6.07) is 9.79. The summed E-state index contributed by atoms with van der Waals surface area (Å²) in [5, 5.41) is 2.99. The summed E-state index contributed by atoms with van der Waals surface area (Å²) < 4.78 is 0.762. The molecule has 1 aromatic heterocycles. The number of hydrogen-bond acceptors (Lipinski definition) is 3. The van der Waals surface area contributed by atoms with Crippen molar-refractivity contribution in [2.24, 2.45) is 0 Å². The van der Waals surface area contributed by atoms with Gasteiger partial charge in [0.25, 0.3) is 0 Å². The van der Waals surface area contributed by atoms with Crippen LogP contribution in [0.25, 0.3) is 0 Å².